The smallest absolute Gasteiger partial charge is 0.268 e. The Balaban J connectivity index is 1.86. The fourth-order valence-corrected chi connectivity index (χ4v) is 5.30. The monoisotopic (exact) mass is 435 g/mol. The molecule has 5 nitrogen and oxygen atoms in total. The zero-order valence-corrected chi connectivity index (χ0v) is 18.0. The van der Waals surface area contributed by atoms with Gasteiger partial charge < -0.3 is 9.80 Å². The van der Waals surface area contributed by atoms with Gasteiger partial charge in [-0.15, -0.1) is 0 Å². The van der Waals surface area contributed by atoms with E-state index in [9.17, 15) is 12.8 Å². The molecule has 0 radical (unpaired) electrons. The molecule has 3 aromatic rings. The van der Waals surface area contributed by atoms with Gasteiger partial charge in [0.1, 0.15) is 5.82 Å². The molecule has 8 heteroatoms. The topological polar surface area (TPSA) is 45.5 Å². The normalized spacial score (nSPS) is 15.9. The van der Waals surface area contributed by atoms with Crippen LogP contribution >= 0.6 is 11.6 Å². The Hall–Kier alpha value is -2.09. The summed E-state index contributed by atoms with van der Waals surface area (Å²) in [5.74, 6) is -0.474. The van der Waals surface area contributed by atoms with Crippen LogP contribution in [0.15, 0.2) is 47.5 Å². The zero-order valence-electron chi connectivity index (χ0n) is 16.4. The van der Waals surface area contributed by atoms with Crippen molar-refractivity contribution in [3.05, 3.63) is 59.0 Å². The van der Waals surface area contributed by atoms with Crippen molar-refractivity contribution in [2.75, 3.05) is 37.6 Å². The summed E-state index contributed by atoms with van der Waals surface area (Å²) < 4.78 is 41.3. The zero-order chi connectivity index (χ0) is 20.8. The largest absolute Gasteiger partial charge is 0.367 e. The first kappa shape index (κ1) is 20.2. The molecular formula is C21H23ClFN3O2S. The summed E-state index contributed by atoms with van der Waals surface area (Å²) in [6, 6.07) is 8.53. The first-order chi connectivity index (χ1) is 13.8. The van der Waals surface area contributed by atoms with Gasteiger partial charge in [-0.3, -0.25) is 0 Å². The van der Waals surface area contributed by atoms with Crippen LogP contribution in [0.1, 0.15) is 12.5 Å². The number of rotatable bonds is 4. The fourth-order valence-electron chi connectivity index (χ4n) is 3.78. The van der Waals surface area contributed by atoms with Crippen molar-refractivity contribution >= 4 is 38.2 Å². The van der Waals surface area contributed by atoms with Gasteiger partial charge in [-0.05, 0) is 55.4 Å². The summed E-state index contributed by atoms with van der Waals surface area (Å²) in [5.41, 5.74) is 2.22. The molecule has 0 N–H and O–H groups in total. The molecule has 1 aliphatic heterocycles. The van der Waals surface area contributed by atoms with Crippen LogP contribution in [0, 0.1) is 12.7 Å². The fraction of sp³-hybridized carbons (Fsp3) is 0.333. The number of aromatic nitrogens is 1. The van der Waals surface area contributed by atoms with Crippen molar-refractivity contribution in [2.45, 2.75) is 18.7 Å². The van der Waals surface area contributed by atoms with Gasteiger partial charge in [-0.25, -0.2) is 16.8 Å². The van der Waals surface area contributed by atoms with E-state index in [2.05, 4.69) is 16.7 Å². The molecule has 4 rings (SSSR count). The molecule has 0 aliphatic carbocycles. The van der Waals surface area contributed by atoms with Crippen LogP contribution < -0.4 is 4.90 Å². The number of fused-ring (bicyclic) bond motifs is 1. The summed E-state index contributed by atoms with van der Waals surface area (Å²) >= 11 is 6.37. The lowest BCUT2D eigenvalue weighted by molar-refractivity contribution is 0.271. The SMILES string of the molecule is CCN1CCN(c2cn(S(=O)(=O)c3ccc(F)cc3)c3cc(C)c(Cl)cc23)CC1. The van der Waals surface area contributed by atoms with E-state index in [4.69, 9.17) is 11.6 Å². The van der Waals surface area contributed by atoms with Crippen molar-refractivity contribution in [2.24, 2.45) is 0 Å². The van der Waals surface area contributed by atoms with Crippen LogP contribution in [0.5, 0.6) is 0 Å². The minimum Gasteiger partial charge on any atom is -0.367 e. The summed E-state index contributed by atoms with van der Waals surface area (Å²) in [6.45, 7) is 8.47. The Kier molecular flexibility index (Phi) is 5.31. The van der Waals surface area contributed by atoms with Crippen molar-refractivity contribution in [3.8, 4) is 0 Å². The van der Waals surface area contributed by atoms with E-state index in [-0.39, 0.29) is 4.90 Å². The van der Waals surface area contributed by atoms with E-state index in [0.29, 0.717) is 10.5 Å². The number of aryl methyl sites for hydroxylation is 1. The van der Waals surface area contributed by atoms with E-state index in [0.717, 1.165) is 61.5 Å². The summed E-state index contributed by atoms with van der Waals surface area (Å²) in [7, 11) is -3.88. The van der Waals surface area contributed by atoms with E-state index >= 15 is 0 Å². The van der Waals surface area contributed by atoms with Gasteiger partial charge >= 0.3 is 0 Å². The molecule has 0 unspecified atom stereocenters. The summed E-state index contributed by atoms with van der Waals surface area (Å²) in [4.78, 5) is 4.62. The van der Waals surface area contributed by atoms with Crippen molar-refractivity contribution in [3.63, 3.8) is 0 Å². The number of hydrogen-bond acceptors (Lipinski definition) is 4. The number of nitrogens with zero attached hydrogens (tertiary/aromatic N) is 3. The van der Waals surface area contributed by atoms with Gasteiger partial charge in [0.2, 0.25) is 0 Å². The van der Waals surface area contributed by atoms with E-state index in [1.54, 1.807) is 12.3 Å². The molecule has 0 bridgehead atoms. The molecule has 1 saturated heterocycles. The van der Waals surface area contributed by atoms with Crippen molar-refractivity contribution in [1.82, 2.24) is 8.87 Å². The number of likely N-dealkylation sites (N-methyl/N-ethyl adjacent to an activating group) is 1. The second-order valence-electron chi connectivity index (χ2n) is 7.31. The summed E-state index contributed by atoms with van der Waals surface area (Å²) in [6.07, 6.45) is 1.67. The maximum atomic E-state index is 13.3. The second kappa shape index (κ2) is 7.63. The molecular weight excluding hydrogens is 413 g/mol. The third-order valence-electron chi connectivity index (χ3n) is 5.56. The summed E-state index contributed by atoms with van der Waals surface area (Å²) in [5, 5.41) is 1.40. The predicted octanol–water partition coefficient (Wildman–Crippen LogP) is 4.12. The van der Waals surface area contributed by atoms with Gasteiger partial charge in [0.25, 0.3) is 10.0 Å². The molecule has 2 aromatic carbocycles. The third-order valence-corrected chi connectivity index (χ3v) is 7.66. The molecule has 29 heavy (non-hydrogen) atoms. The first-order valence-electron chi connectivity index (χ1n) is 9.61. The van der Waals surface area contributed by atoms with Gasteiger partial charge in [0.15, 0.2) is 0 Å². The molecule has 1 aliphatic rings. The van der Waals surface area contributed by atoms with Crippen LogP contribution in [0.25, 0.3) is 10.9 Å². The second-order valence-corrected chi connectivity index (χ2v) is 9.53. The highest BCUT2D eigenvalue weighted by atomic mass is 35.5. The van der Waals surface area contributed by atoms with Crippen LogP contribution in [-0.2, 0) is 10.0 Å². The van der Waals surface area contributed by atoms with Gasteiger partial charge in [-0.2, -0.15) is 0 Å². The highest BCUT2D eigenvalue weighted by Gasteiger charge is 2.26. The number of benzene rings is 2. The quantitative estimate of drug-likeness (QED) is 0.618. The van der Waals surface area contributed by atoms with Crippen LogP contribution in [-0.4, -0.2) is 50.0 Å². The Morgan fingerprint density at radius 2 is 1.72 bits per heavy atom. The molecule has 154 valence electrons. The van der Waals surface area contributed by atoms with Gasteiger partial charge in [-0.1, -0.05) is 18.5 Å². The molecule has 0 atom stereocenters. The molecule has 1 fully saturated rings. The number of anilines is 1. The Morgan fingerprint density at radius 3 is 2.34 bits per heavy atom. The molecule has 0 amide bonds. The number of halogens is 2. The lowest BCUT2D eigenvalue weighted by atomic mass is 10.1. The van der Waals surface area contributed by atoms with Gasteiger partial charge in [0, 0.05) is 42.8 Å². The van der Waals surface area contributed by atoms with Crippen molar-refractivity contribution in [1.29, 1.82) is 0 Å². The maximum absolute atomic E-state index is 13.3. The first-order valence-corrected chi connectivity index (χ1v) is 11.4. The maximum Gasteiger partial charge on any atom is 0.268 e. The molecule has 2 heterocycles. The van der Waals surface area contributed by atoms with Crippen LogP contribution in [0.4, 0.5) is 10.1 Å². The molecule has 1 aromatic heterocycles. The van der Waals surface area contributed by atoms with E-state index in [1.807, 2.05) is 13.0 Å². The van der Waals surface area contributed by atoms with E-state index in [1.165, 1.54) is 16.1 Å². The molecule has 0 spiro atoms. The number of piperazine rings is 1. The Labute approximate surface area is 175 Å². The Morgan fingerprint density at radius 1 is 1.07 bits per heavy atom. The van der Waals surface area contributed by atoms with Gasteiger partial charge in [0.05, 0.1) is 16.1 Å². The standard InChI is InChI=1S/C21H23ClFN3O2S/c1-3-24-8-10-25(11-9-24)21-14-26(20-12-15(2)19(22)13-18(20)21)29(27,28)17-6-4-16(23)5-7-17/h4-7,12-14H,3,8-11H2,1-2H3. The van der Waals surface area contributed by atoms with E-state index < -0.39 is 15.8 Å². The van der Waals surface area contributed by atoms with Crippen LogP contribution in [0.3, 0.4) is 0 Å². The minimum absolute atomic E-state index is 0.0470. The third kappa shape index (κ3) is 3.63. The average Bonchev–Trinajstić information content (AvgIpc) is 3.08. The van der Waals surface area contributed by atoms with Crippen molar-refractivity contribution < 1.29 is 12.8 Å². The molecule has 0 saturated carbocycles. The minimum atomic E-state index is -3.88. The highest BCUT2D eigenvalue weighted by molar-refractivity contribution is 7.90. The lowest BCUT2D eigenvalue weighted by Gasteiger charge is -2.35. The number of hydrogen-bond donors (Lipinski definition) is 0. The van der Waals surface area contributed by atoms with Crippen LogP contribution in [0.2, 0.25) is 5.02 Å². The highest BCUT2D eigenvalue weighted by Crippen LogP contribution is 2.35. The average molecular weight is 436 g/mol. The lowest BCUT2D eigenvalue weighted by Crippen LogP contribution is -2.46. The predicted molar refractivity (Wildman–Crippen MR) is 115 cm³/mol. The Bertz CT molecular complexity index is 1150.